The minimum atomic E-state index is -0.237. The van der Waals surface area contributed by atoms with E-state index >= 15 is 0 Å². The molecule has 1 N–H and O–H groups in total. The summed E-state index contributed by atoms with van der Waals surface area (Å²) in [4.78, 5) is 16.8. The van der Waals surface area contributed by atoms with Crippen molar-refractivity contribution in [3.05, 3.63) is 60.3 Å². The average Bonchev–Trinajstić information content (AvgIpc) is 2.61. The summed E-state index contributed by atoms with van der Waals surface area (Å²) in [7, 11) is 3.10. The molecule has 0 unspecified atom stereocenters. The van der Waals surface area contributed by atoms with Crippen LogP contribution in [0.3, 0.4) is 0 Å². The highest BCUT2D eigenvalue weighted by atomic mass is 35.5. The van der Waals surface area contributed by atoms with Crippen LogP contribution in [-0.2, 0) is 0 Å². The molecule has 2 aromatic carbocycles. The Morgan fingerprint density at radius 2 is 1.71 bits per heavy atom. The number of hydrogen-bond acceptors (Lipinski definition) is 4. The van der Waals surface area contributed by atoms with Crippen LogP contribution >= 0.6 is 12.4 Å². The van der Waals surface area contributed by atoms with E-state index in [9.17, 15) is 4.79 Å². The Morgan fingerprint density at radius 1 is 1.00 bits per heavy atom. The lowest BCUT2D eigenvalue weighted by atomic mass is 10.1. The number of ether oxygens (including phenoxy) is 2. The first-order valence-electron chi connectivity index (χ1n) is 7.09. The fourth-order valence-electron chi connectivity index (χ4n) is 2.35. The fraction of sp³-hybridized carbons (Fsp3) is 0.111. The molecule has 0 saturated heterocycles. The molecule has 6 heteroatoms. The van der Waals surface area contributed by atoms with E-state index in [1.54, 1.807) is 38.6 Å². The molecular weight excluding hydrogens is 328 g/mol. The Hall–Kier alpha value is -2.79. The third kappa shape index (κ3) is 3.58. The highest BCUT2D eigenvalue weighted by molar-refractivity contribution is 6.09. The van der Waals surface area contributed by atoms with Crippen LogP contribution in [0.15, 0.2) is 54.7 Å². The van der Waals surface area contributed by atoms with Gasteiger partial charge in [0.1, 0.15) is 11.5 Å². The highest BCUT2D eigenvalue weighted by Crippen LogP contribution is 2.25. The van der Waals surface area contributed by atoms with Crippen LogP contribution in [0.5, 0.6) is 11.5 Å². The lowest BCUT2D eigenvalue weighted by Gasteiger charge is -2.10. The smallest absolute Gasteiger partial charge is 0.255 e. The Bertz CT molecular complexity index is 840. The number of hydrogen-bond donors (Lipinski definition) is 1. The van der Waals surface area contributed by atoms with Gasteiger partial charge in [0.05, 0.1) is 25.4 Å². The van der Waals surface area contributed by atoms with Gasteiger partial charge in [0.2, 0.25) is 0 Å². The van der Waals surface area contributed by atoms with E-state index in [4.69, 9.17) is 9.47 Å². The summed E-state index contributed by atoms with van der Waals surface area (Å²) in [5.41, 5.74) is 2.00. The normalized spacial score (nSPS) is 9.92. The predicted molar refractivity (Wildman–Crippen MR) is 96.5 cm³/mol. The minimum Gasteiger partial charge on any atom is -0.497 e. The van der Waals surface area contributed by atoms with Crippen molar-refractivity contribution in [3.63, 3.8) is 0 Å². The monoisotopic (exact) mass is 344 g/mol. The van der Waals surface area contributed by atoms with Gasteiger partial charge in [0, 0.05) is 23.2 Å². The van der Waals surface area contributed by atoms with Crippen molar-refractivity contribution < 1.29 is 14.3 Å². The molecule has 3 rings (SSSR count). The van der Waals surface area contributed by atoms with E-state index in [-0.39, 0.29) is 18.3 Å². The van der Waals surface area contributed by atoms with Gasteiger partial charge in [-0.05, 0) is 36.4 Å². The zero-order valence-electron chi connectivity index (χ0n) is 13.3. The van der Waals surface area contributed by atoms with Crippen LogP contribution in [0, 0.1) is 0 Å². The molecule has 1 amide bonds. The second kappa shape index (κ2) is 7.66. The van der Waals surface area contributed by atoms with Gasteiger partial charge < -0.3 is 14.8 Å². The minimum absolute atomic E-state index is 0. The zero-order chi connectivity index (χ0) is 16.2. The fourth-order valence-corrected chi connectivity index (χ4v) is 2.35. The van der Waals surface area contributed by atoms with E-state index < -0.39 is 0 Å². The molecule has 0 radical (unpaired) electrons. The molecule has 1 aromatic heterocycles. The number of rotatable bonds is 4. The molecule has 5 nitrogen and oxygen atoms in total. The maximum atomic E-state index is 12.6. The molecule has 124 valence electrons. The van der Waals surface area contributed by atoms with Crippen molar-refractivity contribution in [2.45, 2.75) is 0 Å². The van der Waals surface area contributed by atoms with Crippen molar-refractivity contribution >= 4 is 34.9 Å². The Kier molecular flexibility index (Phi) is 5.60. The zero-order valence-corrected chi connectivity index (χ0v) is 14.1. The first-order valence-corrected chi connectivity index (χ1v) is 7.09. The van der Waals surface area contributed by atoms with Crippen molar-refractivity contribution in [1.82, 2.24) is 4.98 Å². The number of methoxy groups -OCH3 is 2. The summed E-state index contributed by atoms with van der Waals surface area (Å²) in [6, 6.07) is 14.4. The highest BCUT2D eigenvalue weighted by Gasteiger charge is 2.11. The first-order chi connectivity index (χ1) is 11.2. The van der Waals surface area contributed by atoms with Gasteiger partial charge in [-0.15, -0.1) is 12.4 Å². The molecule has 0 atom stereocenters. The third-order valence-corrected chi connectivity index (χ3v) is 3.51. The molecule has 1 heterocycles. The number of benzene rings is 2. The Balaban J connectivity index is 0.00000208. The van der Waals surface area contributed by atoms with Crippen molar-refractivity contribution in [2.24, 2.45) is 0 Å². The number of fused-ring (bicyclic) bond motifs is 1. The van der Waals surface area contributed by atoms with Crippen LogP contribution < -0.4 is 14.8 Å². The van der Waals surface area contributed by atoms with Gasteiger partial charge in [-0.2, -0.15) is 0 Å². The molecule has 0 bridgehead atoms. The van der Waals surface area contributed by atoms with Gasteiger partial charge in [-0.3, -0.25) is 9.78 Å². The van der Waals surface area contributed by atoms with Crippen LogP contribution in [0.4, 0.5) is 5.69 Å². The van der Waals surface area contributed by atoms with Gasteiger partial charge in [-0.1, -0.05) is 6.07 Å². The SMILES string of the molecule is COc1cc(OC)cc(C(=O)Nc2cccc3ncccc23)c1.Cl. The number of halogens is 1. The molecule has 0 spiro atoms. The van der Waals surface area contributed by atoms with E-state index in [2.05, 4.69) is 10.3 Å². The Labute approximate surface area is 146 Å². The number of pyridine rings is 1. The first kappa shape index (κ1) is 17.6. The van der Waals surface area contributed by atoms with E-state index in [1.807, 2.05) is 30.3 Å². The summed E-state index contributed by atoms with van der Waals surface area (Å²) in [5.74, 6) is 0.890. The second-order valence-corrected chi connectivity index (χ2v) is 4.93. The molecule has 0 aliphatic heterocycles. The third-order valence-electron chi connectivity index (χ3n) is 3.51. The largest absolute Gasteiger partial charge is 0.497 e. The quantitative estimate of drug-likeness (QED) is 0.779. The van der Waals surface area contributed by atoms with Gasteiger partial charge >= 0.3 is 0 Å². The summed E-state index contributed by atoms with van der Waals surface area (Å²) < 4.78 is 10.4. The lowest BCUT2D eigenvalue weighted by molar-refractivity contribution is 0.102. The summed E-state index contributed by atoms with van der Waals surface area (Å²) >= 11 is 0. The van der Waals surface area contributed by atoms with Crippen LogP contribution in [-0.4, -0.2) is 25.1 Å². The number of nitrogens with zero attached hydrogens (tertiary/aromatic N) is 1. The summed E-state index contributed by atoms with van der Waals surface area (Å²) in [6.07, 6.45) is 1.72. The van der Waals surface area contributed by atoms with Crippen molar-refractivity contribution in [3.8, 4) is 11.5 Å². The molecule has 0 aliphatic carbocycles. The second-order valence-electron chi connectivity index (χ2n) is 4.93. The van der Waals surface area contributed by atoms with Crippen LogP contribution in [0.1, 0.15) is 10.4 Å². The number of carbonyl (C=O) groups excluding carboxylic acids is 1. The van der Waals surface area contributed by atoms with Gasteiger partial charge in [-0.25, -0.2) is 0 Å². The Morgan fingerprint density at radius 3 is 2.38 bits per heavy atom. The van der Waals surface area contributed by atoms with Crippen molar-refractivity contribution in [1.29, 1.82) is 0 Å². The van der Waals surface area contributed by atoms with Crippen LogP contribution in [0.2, 0.25) is 0 Å². The molecule has 0 saturated carbocycles. The molecule has 24 heavy (non-hydrogen) atoms. The number of nitrogens with one attached hydrogen (secondary N) is 1. The molecule has 0 aliphatic rings. The van der Waals surface area contributed by atoms with Crippen LogP contribution in [0.25, 0.3) is 10.9 Å². The number of aromatic nitrogens is 1. The summed E-state index contributed by atoms with van der Waals surface area (Å²) in [5, 5.41) is 3.80. The topological polar surface area (TPSA) is 60.5 Å². The lowest BCUT2D eigenvalue weighted by Crippen LogP contribution is -2.12. The average molecular weight is 345 g/mol. The van der Waals surface area contributed by atoms with E-state index in [0.29, 0.717) is 22.7 Å². The maximum Gasteiger partial charge on any atom is 0.255 e. The van der Waals surface area contributed by atoms with E-state index in [1.165, 1.54) is 0 Å². The van der Waals surface area contributed by atoms with Gasteiger partial charge in [0.25, 0.3) is 5.91 Å². The number of amides is 1. The molecular formula is C18H17ClN2O3. The summed E-state index contributed by atoms with van der Waals surface area (Å²) in [6.45, 7) is 0. The van der Waals surface area contributed by atoms with Crippen molar-refractivity contribution in [2.75, 3.05) is 19.5 Å². The number of anilines is 1. The number of carbonyl (C=O) groups is 1. The van der Waals surface area contributed by atoms with Gasteiger partial charge in [0.15, 0.2) is 0 Å². The molecule has 3 aromatic rings. The van der Waals surface area contributed by atoms with E-state index in [0.717, 1.165) is 10.9 Å². The molecule has 0 fully saturated rings. The maximum absolute atomic E-state index is 12.6. The predicted octanol–water partition coefficient (Wildman–Crippen LogP) is 3.93. The standard InChI is InChI=1S/C18H16N2O3.ClH/c1-22-13-9-12(10-14(11-13)23-2)18(21)20-17-7-3-6-16-15(17)5-4-8-19-16;/h3-11H,1-2H3,(H,20,21);1H.